The molecule has 0 spiro atoms. The maximum atomic E-state index is 12.4. The number of ether oxygens (including phenoxy) is 2. The third-order valence-electron chi connectivity index (χ3n) is 4.38. The van der Waals surface area contributed by atoms with Crippen molar-refractivity contribution in [3.8, 4) is 0 Å². The molecule has 5 heteroatoms. The lowest BCUT2D eigenvalue weighted by Crippen LogP contribution is -2.40. The summed E-state index contributed by atoms with van der Waals surface area (Å²) in [6, 6.07) is 0. The number of allylic oxidation sites excluding steroid dienone is 2. The number of hydrogen-bond donors (Lipinski definition) is 1. The van der Waals surface area contributed by atoms with Gasteiger partial charge in [-0.15, -0.1) is 0 Å². The molecule has 2 rings (SSSR count). The van der Waals surface area contributed by atoms with Crippen LogP contribution in [0.1, 0.15) is 33.1 Å². The first-order chi connectivity index (χ1) is 10.00. The smallest absolute Gasteiger partial charge is 0.323 e. The van der Waals surface area contributed by atoms with Crippen LogP contribution < -0.4 is 0 Å². The molecule has 1 unspecified atom stereocenters. The average molecular weight is 294 g/mol. The third kappa shape index (κ3) is 2.50. The van der Waals surface area contributed by atoms with E-state index in [1.807, 2.05) is 0 Å². The van der Waals surface area contributed by atoms with Gasteiger partial charge in [-0.1, -0.05) is 17.7 Å². The van der Waals surface area contributed by atoms with E-state index in [2.05, 4.69) is 6.58 Å². The first-order valence-electron chi connectivity index (χ1n) is 7.33. The van der Waals surface area contributed by atoms with Gasteiger partial charge < -0.3 is 14.6 Å². The minimum Gasteiger partial charge on any atom is -0.465 e. The molecule has 1 fully saturated rings. The molecule has 0 saturated heterocycles. The Morgan fingerprint density at radius 3 is 2.33 bits per heavy atom. The minimum atomic E-state index is -1.28. The summed E-state index contributed by atoms with van der Waals surface area (Å²) >= 11 is 0. The summed E-state index contributed by atoms with van der Waals surface area (Å²) < 4.78 is 10.2. The first kappa shape index (κ1) is 15.8. The number of hydrogen-bond acceptors (Lipinski definition) is 5. The number of esters is 2. The van der Waals surface area contributed by atoms with Gasteiger partial charge in [-0.2, -0.15) is 0 Å². The molecular weight excluding hydrogens is 272 g/mol. The van der Waals surface area contributed by atoms with E-state index in [4.69, 9.17) is 9.47 Å². The zero-order chi connectivity index (χ0) is 15.6. The second-order valence-electron chi connectivity index (χ2n) is 5.58. The molecule has 0 aromatic carbocycles. The normalized spacial score (nSPS) is 23.2. The number of fused-ring (bicyclic) bond motifs is 1. The zero-order valence-corrected chi connectivity index (χ0v) is 12.6. The van der Waals surface area contributed by atoms with Gasteiger partial charge in [-0.3, -0.25) is 9.59 Å². The number of carbonyl (C=O) groups excluding carboxylic acids is 2. The van der Waals surface area contributed by atoms with E-state index in [0.717, 1.165) is 16.7 Å². The van der Waals surface area contributed by atoms with Crippen molar-refractivity contribution >= 4 is 11.9 Å². The van der Waals surface area contributed by atoms with Gasteiger partial charge in [-0.25, -0.2) is 0 Å². The number of aliphatic hydroxyl groups excluding tert-OH is 1. The monoisotopic (exact) mass is 294 g/mol. The van der Waals surface area contributed by atoms with Gasteiger partial charge in [0.25, 0.3) is 0 Å². The number of aliphatic hydroxyl groups is 1. The highest BCUT2D eigenvalue weighted by Crippen LogP contribution is 2.55. The first-order valence-corrected chi connectivity index (χ1v) is 7.33. The van der Waals surface area contributed by atoms with E-state index in [-0.39, 0.29) is 32.2 Å². The lowest BCUT2D eigenvalue weighted by Gasteiger charge is -2.25. The van der Waals surface area contributed by atoms with Crippen molar-refractivity contribution in [1.29, 1.82) is 0 Å². The highest BCUT2D eigenvalue weighted by Gasteiger charge is 2.57. The summed E-state index contributed by atoms with van der Waals surface area (Å²) in [7, 11) is 0. The Morgan fingerprint density at radius 2 is 1.86 bits per heavy atom. The molecule has 0 aromatic rings. The Bertz CT molecular complexity index is 485. The van der Waals surface area contributed by atoms with Crippen LogP contribution in [0.15, 0.2) is 23.3 Å². The van der Waals surface area contributed by atoms with Crippen LogP contribution in [0, 0.1) is 11.3 Å². The van der Waals surface area contributed by atoms with Gasteiger partial charge >= 0.3 is 11.9 Å². The molecule has 116 valence electrons. The van der Waals surface area contributed by atoms with Gasteiger partial charge in [-0.05, 0) is 38.7 Å². The van der Waals surface area contributed by atoms with Crippen molar-refractivity contribution < 1.29 is 24.2 Å². The van der Waals surface area contributed by atoms with Gasteiger partial charge in [0.15, 0.2) is 5.41 Å². The Morgan fingerprint density at radius 1 is 1.29 bits per heavy atom. The van der Waals surface area contributed by atoms with Crippen LogP contribution in [0.3, 0.4) is 0 Å². The third-order valence-corrected chi connectivity index (χ3v) is 4.38. The minimum absolute atomic E-state index is 0.0269. The van der Waals surface area contributed by atoms with E-state index in [9.17, 15) is 14.7 Å². The van der Waals surface area contributed by atoms with Crippen molar-refractivity contribution in [2.24, 2.45) is 11.3 Å². The molecule has 1 atom stereocenters. The van der Waals surface area contributed by atoms with Crippen LogP contribution in [0.4, 0.5) is 0 Å². The number of rotatable bonds is 5. The summed E-state index contributed by atoms with van der Waals surface area (Å²) in [4.78, 5) is 24.8. The molecule has 0 radical (unpaired) electrons. The Hall–Kier alpha value is -1.62. The van der Waals surface area contributed by atoms with E-state index >= 15 is 0 Å². The highest BCUT2D eigenvalue weighted by atomic mass is 16.6. The predicted octanol–water partition coefficient (Wildman–Crippen LogP) is 1.76. The van der Waals surface area contributed by atoms with Gasteiger partial charge in [0, 0.05) is 5.92 Å². The van der Waals surface area contributed by atoms with Crippen LogP contribution in [0.2, 0.25) is 0 Å². The predicted molar refractivity (Wildman–Crippen MR) is 76.3 cm³/mol. The SMILES string of the molecule is C=C1CC(CO)=C2CC(C(=O)OCC)(C(=O)OCC)CC12. The molecule has 0 bridgehead atoms. The zero-order valence-electron chi connectivity index (χ0n) is 12.6. The maximum absolute atomic E-state index is 12.4. The highest BCUT2D eigenvalue weighted by molar-refractivity contribution is 6.01. The largest absolute Gasteiger partial charge is 0.465 e. The van der Waals surface area contributed by atoms with Crippen molar-refractivity contribution in [3.05, 3.63) is 23.3 Å². The summed E-state index contributed by atoms with van der Waals surface area (Å²) in [5.74, 6) is -1.09. The molecule has 0 aliphatic heterocycles. The summed E-state index contributed by atoms with van der Waals surface area (Å²) in [6.07, 6.45) is 1.25. The molecule has 5 nitrogen and oxygen atoms in total. The molecule has 21 heavy (non-hydrogen) atoms. The molecule has 1 saturated carbocycles. The lowest BCUT2D eigenvalue weighted by atomic mass is 9.83. The van der Waals surface area contributed by atoms with Crippen molar-refractivity contribution in [2.45, 2.75) is 33.1 Å². The fraction of sp³-hybridized carbons (Fsp3) is 0.625. The second kappa shape index (κ2) is 6.02. The molecule has 0 heterocycles. The molecule has 2 aliphatic carbocycles. The van der Waals surface area contributed by atoms with Crippen molar-refractivity contribution in [2.75, 3.05) is 19.8 Å². The Labute approximate surface area is 124 Å². The fourth-order valence-corrected chi connectivity index (χ4v) is 3.36. The second-order valence-corrected chi connectivity index (χ2v) is 5.58. The maximum Gasteiger partial charge on any atom is 0.323 e. The molecule has 1 N–H and O–H groups in total. The van der Waals surface area contributed by atoms with Crippen LogP contribution in [0.25, 0.3) is 0 Å². The quantitative estimate of drug-likeness (QED) is 0.475. The number of carbonyl (C=O) groups is 2. The van der Waals surface area contributed by atoms with Gasteiger partial charge in [0.2, 0.25) is 0 Å². The van der Waals surface area contributed by atoms with Crippen LogP contribution in [0.5, 0.6) is 0 Å². The van der Waals surface area contributed by atoms with Crippen molar-refractivity contribution in [1.82, 2.24) is 0 Å². The Balaban J connectivity index is 2.38. The van der Waals surface area contributed by atoms with Gasteiger partial charge in [0.1, 0.15) is 0 Å². The van der Waals surface area contributed by atoms with E-state index in [1.54, 1.807) is 13.8 Å². The van der Waals surface area contributed by atoms with Crippen LogP contribution in [-0.4, -0.2) is 36.9 Å². The van der Waals surface area contributed by atoms with E-state index in [0.29, 0.717) is 12.8 Å². The lowest BCUT2D eigenvalue weighted by molar-refractivity contribution is -0.171. The van der Waals surface area contributed by atoms with Crippen LogP contribution >= 0.6 is 0 Å². The average Bonchev–Trinajstić information content (AvgIpc) is 2.98. The molecular formula is C16H22O5. The summed E-state index contributed by atoms with van der Waals surface area (Å²) in [5, 5.41) is 9.45. The van der Waals surface area contributed by atoms with E-state index in [1.165, 1.54) is 0 Å². The molecule has 0 amide bonds. The van der Waals surface area contributed by atoms with Crippen molar-refractivity contribution in [3.63, 3.8) is 0 Å². The van der Waals surface area contributed by atoms with Crippen LogP contribution in [-0.2, 0) is 19.1 Å². The summed E-state index contributed by atoms with van der Waals surface area (Å²) in [5.41, 5.74) is 1.50. The van der Waals surface area contributed by atoms with Gasteiger partial charge in [0.05, 0.1) is 19.8 Å². The molecule has 2 aliphatic rings. The van der Waals surface area contributed by atoms with E-state index < -0.39 is 17.4 Å². The Kier molecular flexibility index (Phi) is 4.52. The topological polar surface area (TPSA) is 72.8 Å². The molecule has 0 aromatic heterocycles. The summed E-state index contributed by atoms with van der Waals surface area (Å²) in [6.45, 7) is 7.82. The standard InChI is InChI=1S/C16H22O5/c1-4-20-14(18)16(15(19)21-5-2)7-12-10(3)6-11(9-17)13(12)8-16/h12,17H,3-9H2,1-2H3. The fourth-order valence-electron chi connectivity index (χ4n) is 3.36.